The van der Waals surface area contributed by atoms with Crippen molar-refractivity contribution in [1.29, 1.82) is 0 Å². The third kappa shape index (κ3) is 9.14. The molecule has 0 spiro atoms. The van der Waals surface area contributed by atoms with Crippen molar-refractivity contribution in [1.82, 2.24) is 5.32 Å². The predicted molar refractivity (Wildman–Crippen MR) is 127 cm³/mol. The molecule has 0 heterocycles. The van der Waals surface area contributed by atoms with Gasteiger partial charge in [0.1, 0.15) is 0 Å². The Kier molecular flexibility index (Phi) is 10.8. The lowest BCUT2D eigenvalue weighted by atomic mass is 9.98. The minimum Gasteiger partial charge on any atom is -0.481 e. The SMILES string of the molecule is CCOC(=O)[C@H](C)CC(Cc1ccc(-c2ccccc2)cc1)SCNC(=O)CCC(=O)O. The zero-order valence-corrected chi connectivity index (χ0v) is 19.4. The summed E-state index contributed by atoms with van der Waals surface area (Å²) in [7, 11) is 0. The summed E-state index contributed by atoms with van der Waals surface area (Å²) >= 11 is 1.56. The average Bonchev–Trinajstić information content (AvgIpc) is 2.78. The number of nitrogens with one attached hydrogen (secondary N) is 1. The van der Waals surface area contributed by atoms with Gasteiger partial charge in [0.15, 0.2) is 0 Å². The van der Waals surface area contributed by atoms with Gasteiger partial charge in [-0.25, -0.2) is 0 Å². The number of hydrogen-bond donors (Lipinski definition) is 2. The van der Waals surface area contributed by atoms with Crippen LogP contribution in [0.4, 0.5) is 0 Å². The maximum absolute atomic E-state index is 12.1. The molecule has 6 nitrogen and oxygen atoms in total. The molecule has 0 fully saturated rings. The van der Waals surface area contributed by atoms with Crippen LogP contribution in [0.15, 0.2) is 54.6 Å². The maximum Gasteiger partial charge on any atom is 0.308 e. The molecule has 1 unspecified atom stereocenters. The van der Waals surface area contributed by atoms with E-state index in [2.05, 4.69) is 41.7 Å². The molecule has 2 aromatic rings. The van der Waals surface area contributed by atoms with Gasteiger partial charge in [0.05, 0.1) is 24.8 Å². The predicted octanol–water partition coefficient (Wildman–Crippen LogP) is 4.53. The quantitative estimate of drug-likeness (QED) is 0.339. The number of carbonyl (C=O) groups excluding carboxylic acids is 2. The Labute approximate surface area is 193 Å². The Morgan fingerprint density at radius 2 is 1.66 bits per heavy atom. The smallest absolute Gasteiger partial charge is 0.308 e. The number of thioether (sulfide) groups is 1. The van der Waals surface area contributed by atoms with Gasteiger partial charge in [0.25, 0.3) is 0 Å². The van der Waals surface area contributed by atoms with Crippen LogP contribution in [0.2, 0.25) is 0 Å². The maximum atomic E-state index is 12.1. The molecule has 0 aliphatic rings. The van der Waals surface area contributed by atoms with Crippen molar-refractivity contribution in [2.24, 2.45) is 5.92 Å². The van der Waals surface area contributed by atoms with Crippen LogP contribution in [0.25, 0.3) is 11.1 Å². The van der Waals surface area contributed by atoms with Crippen molar-refractivity contribution < 1.29 is 24.2 Å². The van der Waals surface area contributed by atoms with Crippen LogP contribution < -0.4 is 5.32 Å². The van der Waals surface area contributed by atoms with Crippen molar-refractivity contribution in [3.8, 4) is 11.1 Å². The van der Waals surface area contributed by atoms with Crippen LogP contribution in [0, 0.1) is 5.92 Å². The Hall–Kier alpha value is -2.80. The normalized spacial score (nSPS) is 12.6. The first-order valence-corrected chi connectivity index (χ1v) is 11.8. The summed E-state index contributed by atoms with van der Waals surface area (Å²) in [4.78, 5) is 34.5. The molecule has 0 aliphatic carbocycles. The first-order valence-electron chi connectivity index (χ1n) is 10.8. The first kappa shape index (κ1) is 25.5. The summed E-state index contributed by atoms with van der Waals surface area (Å²) in [6, 6.07) is 18.5. The van der Waals surface area contributed by atoms with Crippen molar-refractivity contribution in [2.75, 3.05) is 12.5 Å². The van der Waals surface area contributed by atoms with Crippen molar-refractivity contribution in [3.05, 3.63) is 60.2 Å². The summed E-state index contributed by atoms with van der Waals surface area (Å²) in [5.74, 6) is -1.39. The third-order valence-electron chi connectivity index (χ3n) is 4.98. The molecular weight excluding hydrogens is 426 g/mol. The topological polar surface area (TPSA) is 92.7 Å². The Morgan fingerprint density at radius 1 is 1.00 bits per heavy atom. The largest absolute Gasteiger partial charge is 0.481 e. The van der Waals surface area contributed by atoms with Crippen molar-refractivity contribution in [3.63, 3.8) is 0 Å². The molecule has 0 aromatic heterocycles. The summed E-state index contributed by atoms with van der Waals surface area (Å²) in [5.41, 5.74) is 3.45. The Morgan fingerprint density at radius 3 is 2.28 bits per heavy atom. The fourth-order valence-electron chi connectivity index (χ4n) is 3.26. The molecule has 0 radical (unpaired) electrons. The van der Waals surface area contributed by atoms with Gasteiger partial charge >= 0.3 is 11.9 Å². The van der Waals surface area contributed by atoms with Crippen molar-refractivity contribution in [2.45, 2.75) is 44.8 Å². The van der Waals surface area contributed by atoms with Crippen LogP contribution in [0.1, 0.15) is 38.7 Å². The van der Waals surface area contributed by atoms with Gasteiger partial charge in [-0.15, -0.1) is 11.8 Å². The molecule has 172 valence electrons. The number of aliphatic carboxylic acids is 1. The number of rotatable bonds is 13. The summed E-state index contributed by atoms with van der Waals surface area (Å²) in [6.07, 6.45) is 1.14. The monoisotopic (exact) mass is 457 g/mol. The number of benzene rings is 2. The van der Waals surface area contributed by atoms with Gasteiger partial charge in [-0.2, -0.15) is 0 Å². The Bertz CT molecular complexity index is 870. The molecule has 0 bridgehead atoms. The van der Waals surface area contributed by atoms with Crippen LogP contribution in [0.5, 0.6) is 0 Å². The minimum atomic E-state index is -0.993. The molecule has 0 saturated heterocycles. The number of carboxylic acids is 1. The lowest BCUT2D eigenvalue weighted by Gasteiger charge is -2.20. The van der Waals surface area contributed by atoms with Crippen molar-refractivity contribution >= 4 is 29.6 Å². The molecule has 0 aliphatic heterocycles. The van der Waals surface area contributed by atoms with Gasteiger partial charge in [0.2, 0.25) is 5.91 Å². The highest BCUT2D eigenvalue weighted by molar-refractivity contribution is 7.99. The van der Waals surface area contributed by atoms with Crippen LogP contribution >= 0.6 is 11.8 Å². The van der Waals surface area contributed by atoms with E-state index in [1.165, 1.54) is 0 Å². The number of esters is 1. The molecule has 7 heteroatoms. The van der Waals surface area contributed by atoms with E-state index in [9.17, 15) is 14.4 Å². The summed E-state index contributed by atoms with van der Waals surface area (Å²) in [6.45, 7) is 3.99. The van der Waals surface area contributed by atoms with Gasteiger partial charge in [-0.3, -0.25) is 14.4 Å². The molecule has 0 saturated carbocycles. The second-order valence-electron chi connectivity index (χ2n) is 7.58. The molecule has 32 heavy (non-hydrogen) atoms. The Balaban J connectivity index is 1.99. The van der Waals surface area contributed by atoms with E-state index in [0.717, 1.165) is 23.1 Å². The highest BCUT2D eigenvalue weighted by Crippen LogP contribution is 2.25. The fourth-order valence-corrected chi connectivity index (χ4v) is 4.48. The highest BCUT2D eigenvalue weighted by Gasteiger charge is 2.21. The minimum absolute atomic E-state index is 0.0409. The molecule has 2 atom stereocenters. The van der Waals surface area contributed by atoms with E-state index in [1.807, 2.05) is 25.1 Å². The fraction of sp³-hybridized carbons (Fsp3) is 0.400. The van der Waals surface area contributed by atoms with E-state index < -0.39 is 5.97 Å². The third-order valence-corrected chi connectivity index (χ3v) is 6.13. The molecule has 1 amide bonds. The molecule has 2 rings (SSSR count). The molecule has 2 aromatic carbocycles. The number of ether oxygens (including phenoxy) is 1. The standard InChI is InChI=1S/C25H31NO5S/c1-3-31-25(30)18(2)15-22(32-17-26-23(27)13-14-24(28)29)16-19-9-11-21(12-10-19)20-7-5-4-6-8-20/h4-12,18,22H,3,13-17H2,1-2H3,(H,26,27)(H,28,29)/t18-,22?/m1/s1. The van der Waals surface area contributed by atoms with E-state index in [0.29, 0.717) is 18.9 Å². The van der Waals surface area contributed by atoms with E-state index in [-0.39, 0.29) is 35.9 Å². The van der Waals surface area contributed by atoms with Crippen LogP contribution in [-0.4, -0.2) is 40.7 Å². The summed E-state index contributed by atoms with van der Waals surface area (Å²) in [5, 5.41) is 11.5. The van der Waals surface area contributed by atoms with Gasteiger partial charge < -0.3 is 15.2 Å². The van der Waals surface area contributed by atoms with E-state index in [4.69, 9.17) is 9.84 Å². The second kappa shape index (κ2) is 13.6. The number of carboxylic acid groups (broad SMARTS) is 1. The summed E-state index contributed by atoms with van der Waals surface area (Å²) < 4.78 is 5.14. The number of amides is 1. The van der Waals surface area contributed by atoms with Gasteiger partial charge in [-0.05, 0) is 36.5 Å². The zero-order valence-electron chi connectivity index (χ0n) is 18.6. The van der Waals surface area contributed by atoms with E-state index in [1.54, 1.807) is 18.7 Å². The van der Waals surface area contributed by atoms with E-state index >= 15 is 0 Å². The highest BCUT2D eigenvalue weighted by atomic mass is 32.2. The first-order chi connectivity index (χ1) is 15.4. The number of hydrogen-bond acceptors (Lipinski definition) is 5. The lowest BCUT2D eigenvalue weighted by molar-refractivity contribution is -0.147. The second-order valence-corrected chi connectivity index (χ2v) is 8.87. The van der Waals surface area contributed by atoms with Gasteiger partial charge in [-0.1, -0.05) is 61.5 Å². The average molecular weight is 458 g/mol. The molecular formula is C25H31NO5S. The van der Waals surface area contributed by atoms with Crippen LogP contribution in [0.3, 0.4) is 0 Å². The van der Waals surface area contributed by atoms with Gasteiger partial charge in [0, 0.05) is 11.7 Å². The molecule has 2 N–H and O–H groups in total. The zero-order chi connectivity index (χ0) is 23.3. The van der Waals surface area contributed by atoms with Crippen LogP contribution in [-0.2, 0) is 25.5 Å². The lowest BCUT2D eigenvalue weighted by Crippen LogP contribution is -2.26. The number of carbonyl (C=O) groups is 3.